The van der Waals surface area contributed by atoms with Gasteiger partial charge < -0.3 is 10.5 Å². The summed E-state index contributed by atoms with van der Waals surface area (Å²) in [6.45, 7) is 0.473. The lowest BCUT2D eigenvalue weighted by Gasteiger charge is -2.21. The molecule has 2 aliphatic carbocycles. The van der Waals surface area contributed by atoms with Gasteiger partial charge in [0.05, 0.1) is 6.61 Å². The number of hydrogen-bond donors (Lipinski definition) is 1. The van der Waals surface area contributed by atoms with Crippen molar-refractivity contribution < 1.29 is 9.53 Å². The molecule has 3 rings (SSSR count). The quantitative estimate of drug-likeness (QED) is 0.839. The van der Waals surface area contributed by atoms with Crippen molar-refractivity contribution in [3.05, 3.63) is 18.1 Å². The van der Waals surface area contributed by atoms with E-state index in [2.05, 4.69) is 9.97 Å². The Balaban J connectivity index is 1.48. The van der Waals surface area contributed by atoms with E-state index in [1.54, 1.807) is 0 Å². The number of nitrogen functional groups attached to an aromatic ring is 1. The monoisotopic (exact) mass is 261 g/mol. The summed E-state index contributed by atoms with van der Waals surface area (Å²) in [5, 5.41) is 0. The minimum absolute atomic E-state index is 0.180. The van der Waals surface area contributed by atoms with Crippen LogP contribution in [0.1, 0.15) is 42.5 Å². The maximum atomic E-state index is 11.8. The van der Waals surface area contributed by atoms with E-state index in [0.29, 0.717) is 6.61 Å². The molecule has 2 aliphatic rings. The van der Waals surface area contributed by atoms with Crippen molar-refractivity contribution in [3.63, 3.8) is 0 Å². The third kappa shape index (κ3) is 2.55. The van der Waals surface area contributed by atoms with Gasteiger partial charge in [-0.05, 0) is 43.4 Å². The normalized spacial score (nSPS) is 28.5. The molecule has 1 aromatic heterocycles. The molecule has 0 amide bonds. The minimum atomic E-state index is -0.416. The van der Waals surface area contributed by atoms with Crippen LogP contribution >= 0.6 is 0 Å². The maximum absolute atomic E-state index is 11.8. The first-order chi connectivity index (χ1) is 9.24. The Morgan fingerprint density at radius 3 is 3.00 bits per heavy atom. The number of rotatable bonds is 4. The third-order valence-electron chi connectivity index (χ3n) is 4.57. The topological polar surface area (TPSA) is 78.1 Å². The van der Waals surface area contributed by atoms with Gasteiger partial charge in [0.1, 0.15) is 17.7 Å². The van der Waals surface area contributed by atoms with E-state index in [0.717, 1.165) is 24.2 Å². The second-order valence-corrected chi connectivity index (χ2v) is 5.68. The second-order valence-electron chi connectivity index (χ2n) is 5.68. The predicted molar refractivity (Wildman–Crippen MR) is 70.3 cm³/mol. The van der Waals surface area contributed by atoms with E-state index >= 15 is 0 Å². The lowest BCUT2D eigenvalue weighted by atomic mass is 9.87. The number of hydrogen-bond acceptors (Lipinski definition) is 5. The van der Waals surface area contributed by atoms with Crippen LogP contribution < -0.4 is 5.73 Å². The van der Waals surface area contributed by atoms with Crippen LogP contribution in [0, 0.1) is 17.8 Å². The molecular formula is C14H19N3O2. The number of fused-ring (bicyclic) bond motifs is 2. The van der Waals surface area contributed by atoms with Crippen molar-refractivity contribution in [1.82, 2.24) is 9.97 Å². The summed E-state index contributed by atoms with van der Waals surface area (Å²) in [6, 6.07) is 0. The standard InChI is InChI=1S/C14H19N3O2/c15-13-12(7-16-8-17-13)14(18)19-4-3-11-6-9-1-2-10(11)5-9/h7-11H,1-6H2,(H2,15,16,17). The number of esters is 1. The number of aromatic nitrogens is 2. The first kappa shape index (κ1) is 12.4. The molecule has 0 aliphatic heterocycles. The van der Waals surface area contributed by atoms with Crippen molar-refractivity contribution >= 4 is 11.8 Å². The predicted octanol–water partition coefficient (Wildman–Crippen LogP) is 2.04. The number of carbonyl (C=O) groups is 1. The molecular weight excluding hydrogens is 242 g/mol. The Kier molecular flexibility index (Phi) is 3.36. The van der Waals surface area contributed by atoms with Crippen molar-refractivity contribution in [1.29, 1.82) is 0 Å². The van der Waals surface area contributed by atoms with Crippen molar-refractivity contribution in [2.75, 3.05) is 12.3 Å². The van der Waals surface area contributed by atoms with Crippen molar-refractivity contribution in [2.24, 2.45) is 17.8 Å². The fourth-order valence-electron chi connectivity index (χ4n) is 3.61. The Labute approximate surface area is 112 Å². The van der Waals surface area contributed by atoms with Gasteiger partial charge in [0.15, 0.2) is 0 Å². The number of nitrogens with zero attached hydrogens (tertiary/aromatic N) is 2. The molecule has 0 spiro atoms. The molecule has 3 atom stereocenters. The second kappa shape index (κ2) is 5.15. The molecule has 19 heavy (non-hydrogen) atoms. The molecule has 1 aromatic rings. The Bertz CT molecular complexity index is 478. The Morgan fingerprint density at radius 2 is 2.32 bits per heavy atom. The summed E-state index contributed by atoms with van der Waals surface area (Å²) >= 11 is 0. The highest BCUT2D eigenvalue weighted by molar-refractivity contribution is 5.93. The molecule has 0 saturated heterocycles. The molecule has 0 radical (unpaired) electrons. The summed E-state index contributed by atoms with van der Waals surface area (Å²) in [7, 11) is 0. The van der Waals surface area contributed by atoms with Gasteiger partial charge in [-0.3, -0.25) is 0 Å². The molecule has 0 aromatic carbocycles. The van der Waals surface area contributed by atoms with Gasteiger partial charge in [-0.1, -0.05) is 6.42 Å². The lowest BCUT2D eigenvalue weighted by Crippen LogP contribution is -2.16. The fraction of sp³-hybridized carbons (Fsp3) is 0.643. The number of anilines is 1. The summed E-state index contributed by atoms with van der Waals surface area (Å²) in [5.74, 6) is 2.31. The molecule has 5 heteroatoms. The smallest absolute Gasteiger partial charge is 0.343 e. The van der Waals surface area contributed by atoms with Crippen LogP contribution in [0.4, 0.5) is 5.82 Å². The van der Waals surface area contributed by atoms with Gasteiger partial charge in [0, 0.05) is 6.20 Å². The van der Waals surface area contributed by atoms with E-state index in [1.165, 1.54) is 38.2 Å². The average molecular weight is 261 g/mol. The van der Waals surface area contributed by atoms with E-state index in [9.17, 15) is 4.79 Å². The highest BCUT2D eigenvalue weighted by Crippen LogP contribution is 2.49. The zero-order chi connectivity index (χ0) is 13.2. The molecule has 102 valence electrons. The SMILES string of the molecule is Nc1ncncc1C(=O)OCCC1CC2CCC1C2. The van der Waals surface area contributed by atoms with E-state index < -0.39 is 5.97 Å². The van der Waals surface area contributed by atoms with Gasteiger partial charge in [0.2, 0.25) is 0 Å². The summed E-state index contributed by atoms with van der Waals surface area (Å²) in [5.41, 5.74) is 5.87. The maximum Gasteiger partial charge on any atom is 0.343 e. The van der Waals surface area contributed by atoms with Crippen LogP contribution in [0.2, 0.25) is 0 Å². The van der Waals surface area contributed by atoms with Gasteiger partial charge in [-0.15, -0.1) is 0 Å². The highest BCUT2D eigenvalue weighted by atomic mass is 16.5. The number of ether oxygens (including phenoxy) is 1. The summed E-state index contributed by atoms with van der Waals surface area (Å²) in [4.78, 5) is 19.4. The highest BCUT2D eigenvalue weighted by Gasteiger charge is 2.39. The lowest BCUT2D eigenvalue weighted by molar-refractivity contribution is 0.0470. The van der Waals surface area contributed by atoms with Crippen LogP contribution in [0.15, 0.2) is 12.5 Å². The van der Waals surface area contributed by atoms with Crippen LogP contribution in [-0.4, -0.2) is 22.5 Å². The zero-order valence-corrected chi connectivity index (χ0v) is 10.9. The largest absolute Gasteiger partial charge is 0.462 e. The minimum Gasteiger partial charge on any atom is -0.462 e. The van der Waals surface area contributed by atoms with Crippen LogP contribution in [0.3, 0.4) is 0 Å². The van der Waals surface area contributed by atoms with E-state index in [1.807, 2.05) is 0 Å². The number of carbonyl (C=O) groups excluding carboxylic acids is 1. The van der Waals surface area contributed by atoms with Gasteiger partial charge in [0.25, 0.3) is 0 Å². The zero-order valence-electron chi connectivity index (χ0n) is 10.9. The van der Waals surface area contributed by atoms with Gasteiger partial charge in [-0.2, -0.15) is 0 Å². The molecule has 2 N–H and O–H groups in total. The van der Waals surface area contributed by atoms with Crippen LogP contribution in [0.25, 0.3) is 0 Å². The fourth-order valence-corrected chi connectivity index (χ4v) is 3.61. The number of nitrogens with two attached hydrogens (primary N) is 1. The third-order valence-corrected chi connectivity index (χ3v) is 4.57. The molecule has 2 bridgehead atoms. The summed E-state index contributed by atoms with van der Waals surface area (Å²) in [6.07, 6.45) is 9.17. The van der Waals surface area contributed by atoms with E-state index in [4.69, 9.17) is 10.5 Å². The Morgan fingerprint density at radius 1 is 1.42 bits per heavy atom. The summed E-state index contributed by atoms with van der Waals surface area (Å²) < 4.78 is 5.28. The van der Waals surface area contributed by atoms with Crippen molar-refractivity contribution in [2.45, 2.75) is 32.1 Å². The molecule has 5 nitrogen and oxygen atoms in total. The van der Waals surface area contributed by atoms with Gasteiger partial charge in [-0.25, -0.2) is 14.8 Å². The Hall–Kier alpha value is -1.65. The molecule has 1 heterocycles. The van der Waals surface area contributed by atoms with E-state index in [-0.39, 0.29) is 11.4 Å². The molecule has 2 saturated carbocycles. The molecule has 2 fully saturated rings. The van der Waals surface area contributed by atoms with Crippen LogP contribution in [0.5, 0.6) is 0 Å². The van der Waals surface area contributed by atoms with Gasteiger partial charge >= 0.3 is 5.97 Å². The van der Waals surface area contributed by atoms with Crippen molar-refractivity contribution in [3.8, 4) is 0 Å². The molecule has 3 unspecified atom stereocenters. The first-order valence-corrected chi connectivity index (χ1v) is 6.96. The average Bonchev–Trinajstić information content (AvgIpc) is 3.01. The van der Waals surface area contributed by atoms with Crippen LogP contribution in [-0.2, 0) is 4.74 Å². The first-order valence-electron chi connectivity index (χ1n) is 6.96.